The van der Waals surface area contributed by atoms with Gasteiger partial charge < -0.3 is 9.47 Å². The number of carbonyl (C=O) groups excluding carboxylic acids is 1. The molecule has 2 aliphatic rings. The summed E-state index contributed by atoms with van der Waals surface area (Å²) in [5.41, 5.74) is 1.14. The molecule has 0 aromatic heterocycles. The van der Waals surface area contributed by atoms with Gasteiger partial charge in [-0.05, 0) is 55.7 Å². The van der Waals surface area contributed by atoms with Crippen LogP contribution in [-0.2, 0) is 9.63 Å². The Morgan fingerprint density at radius 1 is 1.17 bits per heavy atom. The lowest BCUT2D eigenvalue weighted by atomic mass is 10.1. The Balaban J connectivity index is 1.72. The van der Waals surface area contributed by atoms with E-state index in [9.17, 15) is 4.79 Å². The lowest BCUT2D eigenvalue weighted by Gasteiger charge is -2.17. The SMILES string of the molecule is COc1ccc([C@@H]2C[C@H]2C(=O)N(C)OC)cc1OC1CCCC1. The molecule has 5 nitrogen and oxygen atoms in total. The van der Waals surface area contributed by atoms with E-state index in [1.54, 1.807) is 14.2 Å². The summed E-state index contributed by atoms with van der Waals surface area (Å²) in [7, 11) is 4.82. The van der Waals surface area contributed by atoms with E-state index >= 15 is 0 Å². The maximum atomic E-state index is 12.2. The molecule has 0 bridgehead atoms. The molecule has 0 heterocycles. The molecule has 1 aromatic carbocycles. The number of methoxy groups -OCH3 is 1. The van der Waals surface area contributed by atoms with Gasteiger partial charge in [-0.1, -0.05) is 6.07 Å². The first-order valence-corrected chi connectivity index (χ1v) is 8.30. The average molecular weight is 319 g/mol. The van der Waals surface area contributed by atoms with Crippen molar-refractivity contribution in [2.45, 2.75) is 44.1 Å². The smallest absolute Gasteiger partial charge is 0.249 e. The highest BCUT2D eigenvalue weighted by Gasteiger charge is 2.45. The zero-order chi connectivity index (χ0) is 16.4. The molecule has 0 aliphatic heterocycles. The van der Waals surface area contributed by atoms with Gasteiger partial charge in [-0.3, -0.25) is 9.63 Å². The van der Waals surface area contributed by atoms with E-state index in [1.807, 2.05) is 18.2 Å². The Labute approximate surface area is 137 Å². The highest BCUT2D eigenvalue weighted by Crippen LogP contribution is 2.50. The molecule has 23 heavy (non-hydrogen) atoms. The number of hydrogen-bond donors (Lipinski definition) is 0. The second kappa shape index (κ2) is 6.79. The molecular weight excluding hydrogens is 294 g/mol. The van der Waals surface area contributed by atoms with Crippen LogP contribution in [0.25, 0.3) is 0 Å². The van der Waals surface area contributed by atoms with Gasteiger partial charge in [0.25, 0.3) is 0 Å². The quantitative estimate of drug-likeness (QED) is 0.756. The van der Waals surface area contributed by atoms with Gasteiger partial charge in [-0.25, -0.2) is 5.06 Å². The van der Waals surface area contributed by atoms with Crippen molar-refractivity contribution in [3.05, 3.63) is 23.8 Å². The predicted octanol–water partition coefficient (Wildman–Crippen LogP) is 3.14. The summed E-state index contributed by atoms with van der Waals surface area (Å²) in [5.74, 6) is 1.85. The van der Waals surface area contributed by atoms with Crippen LogP contribution >= 0.6 is 0 Å². The van der Waals surface area contributed by atoms with Crippen LogP contribution in [0.1, 0.15) is 43.6 Å². The van der Waals surface area contributed by atoms with Crippen LogP contribution in [0, 0.1) is 5.92 Å². The molecule has 1 aromatic rings. The van der Waals surface area contributed by atoms with Gasteiger partial charge in [0.1, 0.15) is 0 Å². The minimum Gasteiger partial charge on any atom is -0.493 e. The van der Waals surface area contributed by atoms with Crippen LogP contribution in [0.5, 0.6) is 11.5 Å². The number of nitrogens with zero attached hydrogens (tertiary/aromatic N) is 1. The zero-order valence-corrected chi connectivity index (χ0v) is 14.1. The summed E-state index contributed by atoms with van der Waals surface area (Å²) in [6.07, 6.45) is 5.83. The van der Waals surface area contributed by atoms with Gasteiger partial charge >= 0.3 is 0 Å². The van der Waals surface area contributed by atoms with Crippen molar-refractivity contribution in [3.63, 3.8) is 0 Å². The first-order valence-electron chi connectivity index (χ1n) is 8.30. The van der Waals surface area contributed by atoms with Gasteiger partial charge in [0.05, 0.1) is 20.3 Å². The number of carbonyl (C=O) groups is 1. The van der Waals surface area contributed by atoms with Crippen molar-refractivity contribution in [1.82, 2.24) is 5.06 Å². The second-order valence-electron chi connectivity index (χ2n) is 6.40. The largest absolute Gasteiger partial charge is 0.493 e. The molecule has 3 rings (SSSR count). The van der Waals surface area contributed by atoms with Crippen LogP contribution in [-0.4, -0.2) is 38.3 Å². The lowest BCUT2D eigenvalue weighted by Crippen LogP contribution is -2.27. The van der Waals surface area contributed by atoms with Crippen LogP contribution in [0.3, 0.4) is 0 Å². The molecule has 1 amide bonds. The molecule has 0 N–H and O–H groups in total. The monoisotopic (exact) mass is 319 g/mol. The first kappa shape index (κ1) is 16.1. The fraction of sp³-hybridized carbons (Fsp3) is 0.611. The molecule has 2 atom stereocenters. The van der Waals surface area contributed by atoms with Gasteiger partial charge in [0.15, 0.2) is 11.5 Å². The lowest BCUT2D eigenvalue weighted by molar-refractivity contribution is -0.170. The summed E-state index contributed by atoms with van der Waals surface area (Å²) in [6.45, 7) is 0. The van der Waals surface area contributed by atoms with Crippen LogP contribution < -0.4 is 9.47 Å². The third kappa shape index (κ3) is 3.44. The number of rotatable bonds is 6. The molecule has 2 aliphatic carbocycles. The van der Waals surface area contributed by atoms with Crippen LogP contribution in [0.15, 0.2) is 18.2 Å². The van der Waals surface area contributed by atoms with Crippen molar-refractivity contribution < 1.29 is 19.1 Å². The van der Waals surface area contributed by atoms with E-state index in [1.165, 1.54) is 25.0 Å². The Morgan fingerprint density at radius 3 is 2.57 bits per heavy atom. The molecule has 126 valence electrons. The molecule has 5 heteroatoms. The molecule has 2 saturated carbocycles. The zero-order valence-electron chi connectivity index (χ0n) is 14.1. The van der Waals surface area contributed by atoms with E-state index in [2.05, 4.69) is 0 Å². The second-order valence-corrected chi connectivity index (χ2v) is 6.40. The summed E-state index contributed by atoms with van der Waals surface area (Å²) in [6, 6.07) is 6.02. The van der Waals surface area contributed by atoms with E-state index < -0.39 is 0 Å². The molecule has 2 fully saturated rings. The van der Waals surface area contributed by atoms with Crippen molar-refractivity contribution in [2.75, 3.05) is 21.3 Å². The van der Waals surface area contributed by atoms with Crippen LogP contribution in [0.2, 0.25) is 0 Å². The van der Waals surface area contributed by atoms with Crippen molar-refractivity contribution in [1.29, 1.82) is 0 Å². The summed E-state index contributed by atoms with van der Waals surface area (Å²) < 4.78 is 11.6. The number of amides is 1. The maximum Gasteiger partial charge on any atom is 0.249 e. The van der Waals surface area contributed by atoms with Crippen molar-refractivity contribution in [3.8, 4) is 11.5 Å². The predicted molar refractivity (Wildman–Crippen MR) is 86.5 cm³/mol. The van der Waals surface area contributed by atoms with Gasteiger partial charge in [-0.2, -0.15) is 0 Å². The summed E-state index contributed by atoms with van der Waals surface area (Å²) in [4.78, 5) is 17.1. The topological polar surface area (TPSA) is 48.0 Å². The Kier molecular flexibility index (Phi) is 4.76. The highest BCUT2D eigenvalue weighted by atomic mass is 16.7. The fourth-order valence-corrected chi connectivity index (χ4v) is 3.36. The third-order valence-electron chi connectivity index (χ3n) is 4.90. The van der Waals surface area contributed by atoms with Crippen molar-refractivity contribution >= 4 is 5.91 Å². The number of hydroxylamine groups is 2. The number of benzene rings is 1. The van der Waals surface area contributed by atoms with Crippen molar-refractivity contribution in [2.24, 2.45) is 5.92 Å². The van der Waals surface area contributed by atoms with E-state index in [-0.39, 0.29) is 23.8 Å². The molecule has 0 radical (unpaired) electrons. The van der Waals surface area contributed by atoms with E-state index in [4.69, 9.17) is 14.3 Å². The maximum absolute atomic E-state index is 12.2. The minimum absolute atomic E-state index is 0.00711. The Bertz CT molecular complexity index is 568. The third-order valence-corrected chi connectivity index (χ3v) is 4.90. The van der Waals surface area contributed by atoms with Crippen LogP contribution in [0.4, 0.5) is 0 Å². The fourth-order valence-electron chi connectivity index (χ4n) is 3.36. The first-order chi connectivity index (χ1) is 11.1. The summed E-state index contributed by atoms with van der Waals surface area (Å²) in [5, 5.41) is 1.31. The Morgan fingerprint density at radius 2 is 1.91 bits per heavy atom. The molecule has 0 spiro atoms. The van der Waals surface area contributed by atoms with E-state index in [0.717, 1.165) is 36.3 Å². The van der Waals surface area contributed by atoms with Gasteiger partial charge in [0.2, 0.25) is 5.91 Å². The molecule has 0 saturated heterocycles. The number of hydrogen-bond acceptors (Lipinski definition) is 4. The summed E-state index contributed by atoms with van der Waals surface area (Å²) >= 11 is 0. The van der Waals surface area contributed by atoms with E-state index in [0.29, 0.717) is 0 Å². The molecule has 0 unspecified atom stereocenters. The minimum atomic E-state index is 0.00711. The standard InChI is InChI=1S/C18H25NO4/c1-19(22-3)18(20)15-11-14(15)12-8-9-16(21-2)17(10-12)23-13-6-4-5-7-13/h8-10,13-15H,4-7,11H2,1-3H3/t14-,15+/m0/s1. The molecular formula is C18H25NO4. The normalized spacial score (nSPS) is 23.6. The Hall–Kier alpha value is -1.75. The number of ether oxygens (including phenoxy) is 2. The van der Waals surface area contributed by atoms with Gasteiger partial charge in [0, 0.05) is 13.0 Å². The highest BCUT2D eigenvalue weighted by molar-refractivity contribution is 5.82. The van der Waals surface area contributed by atoms with Gasteiger partial charge in [-0.15, -0.1) is 0 Å². The average Bonchev–Trinajstić information content (AvgIpc) is 3.22.